The van der Waals surface area contributed by atoms with Crippen molar-refractivity contribution in [2.24, 2.45) is 0 Å². The number of benzene rings is 1. The van der Waals surface area contributed by atoms with Gasteiger partial charge in [-0.25, -0.2) is 0 Å². The summed E-state index contributed by atoms with van der Waals surface area (Å²) < 4.78 is 0. The summed E-state index contributed by atoms with van der Waals surface area (Å²) in [5, 5.41) is 10.3. The van der Waals surface area contributed by atoms with E-state index in [9.17, 15) is 5.11 Å². The van der Waals surface area contributed by atoms with E-state index in [-0.39, 0.29) is 5.75 Å². The molecule has 0 amide bonds. The zero-order valence-corrected chi connectivity index (χ0v) is 8.63. The first-order valence-electron chi connectivity index (χ1n) is 3.88. The van der Waals surface area contributed by atoms with E-state index in [1.165, 1.54) is 0 Å². The number of hydrogen-bond donors (Lipinski definition) is 2. The van der Waals surface area contributed by atoms with E-state index in [2.05, 4.69) is 27.8 Å². The zero-order chi connectivity index (χ0) is 9.68. The predicted molar refractivity (Wildman–Crippen MR) is 57.8 cm³/mol. The highest BCUT2D eigenvalue weighted by Gasteiger charge is 1.99. The maximum atomic E-state index is 9.46. The molecule has 2 nitrogen and oxygen atoms in total. The summed E-state index contributed by atoms with van der Waals surface area (Å²) in [6.45, 7) is 0. The monoisotopic (exact) mass is 239 g/mol. The molecule has 1 aromatic rings. The molecule has 0 unspecified atom stereocenters. The van der Waals surface area contributed by atoms with Gasteiger partial charge in [-0.05, 0) is 12.1 Å². The summed E-state index contributed by atoms with van der Waals surface area (Å²) in [5.41, 5.74) is 6.45. The summed E-state index contributed by atoms with van der Waals surface area (Å²) in [7, 11) is 0. The van der Waals surface area contributed by atoms with E-state index in [1.807, 2.05) is 0 Å². The van der Waals surface area contributed by atoms with Gasteiger partial charge in [0.25, 0.3) is 0 Å². The first-order valence-corrected chi connectivity index (χ1v) is 5.00. The van der Waals surface area contributed by atoms with E-state index >= 15 is 0 Å². The highest BCUT2D eigenvalue weighted by molar-refractivity contribution is 9.09. The van der Waals surface area contributed by atoms with Gasteiger partial charge in [-0.1, -0.05) is 33.8 Å². The molecule has 0 saturated carbocycles. The number of alkyl halides is 1. The Balaban J connectivity index is 2.91. The average molecular weight is 240 g/mol. The van der Waals surface area contributed by atoms with Crippen molar-refractivity contribution in [3.05, 3.63) is 23.8 Å². The van der Waals surface area contributed by atoms with Crippen LogP contribution in [0.4, 0.5) is 5.69 Å². The van der Waals surface area contributed by atoms with Crippen LogP contribution in [0.15, 0.2) is 18.2 Å². The Morgan fingerprint density at radius 1 is 1.46 bits per heavy atom. The van der Waals surface area contributed by atoms with E-state index in [1.54, 1.807) is 18.2 Å². The molecule has 0 radical (unpaired) electrons. The molecule has 0 spiro atoms. The van der Waals surface area contributed by atoms with Gasteiger partial charge in [0.1, 0.15) is 0 Å². The molecule has 1 aromatic carbocycles. The van der Waals surface area contributed by atoms with Crippen molar-refractivity contribution in [3.8, 4) is 17.6 Å². The number of phenolic OH excluding ortho intramolecular Hbond substituents is 1. The van der Waals surface area contributed by atoms with Crippen molar-refractivity contribution in [2.45, 2.75) is 6.42 Å². The summed E-state index contributed by atoms with van der Waals surface area (Å²) in [5.74, 6) is 5.83. The minimum Gasteiger partial charge on any atom is -0.505 e. The SMILES string of the molecule is Nc1cccc(C#CCCBr)c1O. The molecular formula is C10H10BrNO. The average Bonchev–Trinajstić information content (AvgIpc) is 2.13. The molecule has 3 N–H and O–H groups in total. The van der Waals surface area contributed by atoms with Crippen molar-refractivity contribution in [2.75, 3.05) is 11.1 Å². The number of anilines is 1. The fraction of sp³-hybridized carbons (Fsp3) is 0.200. The minimum atomic E-state index is 0.0737. The third-order valence-electron chi connectivity index (χ3n) is 1.51. The van der Waals surface area contributed by atoms with Crippen LogP contribution in [0.2, 0.25) is 0 Å². The molecule has 0 aliphatic carbocycles. The Kier molecular flexibility index (Phi) is 3.66. The molecule has 0 heterocycles. The molecule has 0 bridgehead atoms. The Hall–Kier alpha value is -1.14. The van der Waals surface area contributed by atoms with Gasteiger partial charge in [0.05, 0.1) is 11.3 Å². The predicted octanol–water partition coefficient (Wildman–Crippen LogP) is 2.11. The molecule has 0 aliphatic heterocycles. The van der Waals surface area contributed by atoms with Crippen LogP contribution in [0.3, 0.4) is 0 Å². The Labute approximate surface area is 85.9 Å². The fourth-order valence-corrected chi connectivity index (χ4v) is 1.07. The summed E-state index contributed by atoms with van der Waals surface area (Å²) in [6.07, 6.45) is 0.758. The minimum absolute atomic E-state index is 0.0737. The van der Waals surface area contributed by atoms with Crippen molar-refractivity contribution < 1.29 is 5.11 Å². The maximum absolute atomic E-state index is 9.46. The first kappa shape index (κ1) is 9.94. The number of hydrogen-bond acceptors (Lipinski definition) is 2. The number of nitrogen functional groups attached to an aromatic ring is 1. The van der Waals surface area contributed by atoms with Gasteiger partial charge in [-0.3, -0.25) is 0 Å². The molecule has 0 fully saturated rings. The second-order valence-corrected chi connectivity index (χ2v) is 3.28. The van der Waals surface area contributed by atoms with Crippen LogP contribution in [0.1, 0.15) is 12.0 Å². The third kappa shape index (κ3) is 2.67. The molecule has 13 heavy (non-hydrogen) atoms. The van der Waals surface area contributed by atoms with Crippen molar-refractivity contribution in [1.29, 1.82) is 0 Å². The van der Waals surface area contributed by atoms with E-state index < -0.39 is 0 Å². The van der Waals surface area contributed by atoms with Crippen LogP contribution in [0.5, 0.6) is 5.75 Å². The van der Waals surface area contributed by atoms with Crippen LogP contribution in [0, 0.1) is 11.8 Å². The van der Waals surface area contributed by atoms with Crippen molar-refractivity contribution in [1.82, 2.24) is 0 Å². The van der Waals surface area contributed by atoms with Crippen LogP contribution in [-0.4, -0.2) is 10.4 Å². The van der Waals surface area contributed by atoms with Crippen LogP contribution >= 0.6 is 15.9 Å². The highest BCUT2D eigenvalue weighted by atomic mass is 79.9. The maximum Gasteiger partial charge on any atom is 0.154 e. The van der Waals surface area contributed by atoms with Crippen LogP contribution < -0.4 is 5.73 Å². The Morgan fingerprint density at radius 3 is 2.92 bits per heavy atom. The smallest absolute Gasteiger partial charge is 0.154 e. The number of para-hydroxylation sites is 1. The van der Waals surface area contributed by atoms with Gasteiger partial charge in [0.2, 0.25) is 0 Å². The second-order valence-electron chi connectivity index (χ2n) is 2.48. The normalized spacial score (nSPS) is 9.00. The topological polar surface area (TPSA) is 46.2 Å². The van der Waals surface area contributed by atoms with E-state index in [0.29, 0.717) is 11.3 Å². The Morgan fingerprint density at radius 2 is 2.23 bits per heavy atom. The molecule has 68 valence electrons. The van der Waals surface area contributed by atoms with Crippen molar-refractivity contribution >= 4 is 21.6 Å². The summed E-state index contributed by atoms with van der Waals surface area (Å²) in [4.78, 5) is 0. The molecular weight excluding hydrogens is 230 g/mol. The van der Waals surface area contributed by atoms with Gasteiger partial charge in [-0.15, -0.1) is 0 Å². The lowest BCUT2D eigenvalue weighted by atomic mass is 10.2. The van der Waals surface area contributed by atoms with E-state index in [0.717, 1.165) is 11.8 Å². The lowest BCUT2D eigenvalue weighted by Crippen LogP contribution is -1.87. The third-order valence-corrected chi connectivity index (χ3v) is 1.91. The van der Waals surface area contributed by atoms with Gasteiger partial charge < -0.3 is 10.8 Å². The lowest BCUT2D eigenvalue weighted by Gasteiger charge is -1.99. The van der Waals surface area contributed by atoms with Gasteiger partial charge in [0, 0.05) is 11.8 Å². The summed E-state index contributed by atoms with van der Waals surface area (Å²) in [6, 6.07) is 5.16. The standard InChI is InChI=1S/C10H10BrNO/c11-7-2-1-4-8-5-3-6-9(12)10(8)13/h3,5-6,13H,2,7,12H2. The zero-order valence-electron chi connectivity index (χ0n) is 7.05. The molecule has 0 aliphatic rings. The number of phenols is 1. The van der Waals surface area contributed by atoms with Crippen LogP contribution in [0.25, 0.3) is 0 Å². The van der Waals surface area contributed by atoms with Gasteiger partial charge in [-0.2, -0.15) is 0 Å². The van der Waals surface area contributed by atoms with Crippen molar-refractivity contribution in [3.63, 3.8) is 0 Å². The quantitative estimate of drug-likeness (QED) is 0.342. The molecule has 1 rings (SSSR count). The van der Waals surface area contributed by atoms with Gasteiger partial charge in [0.15, 0.2) is 5.75 Å². The molecule has 0 aromatic heterocycles. The summed E-state index contributed by atoms with van der Waals surface area (Å²) >= 11 is 3.27. The van der Waals surface area contributed by atoms with Gasteiger partial charge >= 0.3 is 0 Å². The second kappa shape index (κ2) is 4.78. The molecule has 3 heteroatoms. The largest absolute Gasteiger partial charge is 0.505 e. The number of rotatable bonds is 1. The highest BCUT2D eigenvalue weighted by Crippen LogP contribution is 2.23. The lowest BCUT2D eigenvalue weighted by molar-refractivity contribution is 0.476. The number of aromatic hydroxyl groups is 1. The van der Waals surface area contributed by atoms with Crippen LogP contribution in [-0.2, 0) is 0 Å². The Bertz CT molecular complexity index is 352. The molecule has 0 saturated heterocycles. The first-order chi connectivity index (χ1) is 6.25. The molecule has 0 atom stereocenters. The fourth-order valence-electron chi connectivity index (χ4n) is 0.867. The number of nitrogens with two attached hydrogens (primary N) is 1. The number of halogens is 1. The van der Waals surface area contributed by atoms with E-state index in [4.69, 9.17) is 5.73 Å².